The summed E-state index contributed by atoms with van der Waals surface area (Å²) < 4.78 is 5.52. The second-order valence-electron chi connectivity index (χ2n) is 6.85. The van der Waals surface area contributed by atoms with Crippen LogP contribution in [0.4, 0.5) is 4.79 Å². The number of carbonyl (C=O) groups is 1. The number of hydrogen-bond acceptors (Lipinski definition) is 3. The third-order valence-electron chi connectivity index (χ3n) is 3.35. The van der Waals surface area contributed by atoms with Gasteiger partial charge in [0, 0.05) is 18.6 Å². The van der Waals surface area contributed by atoms with E-state index in [2.05, 4.69) is 26.1 Å². The Bertz CT molecular complexity index is 297. The summed E-state index contributed by atoms with van der Waals surface area (Å²) in [5.41, 5.74) is -0.423. The Balaban J connectivity index is 2.69. The van der Waals surface area contributed by atoms with Crippen molar-refractivity contribution in [2.24, 2.45) is 0 Å². The molecule has 1 aliphatic rings. The van der Waals surface area contributed by atoms with Crippen molar-refractivity contribution in [1.29, 1.82) is 0 Å². The first-order valence-electron chi connectivity index (χ1n) is 7.46. The molecule has 4 nitrogen and oxygen atoms in total. The van der Waals surface area contributed by atoms with Gasteiger partial charge in [-0.1, -0.05) is 13.8 Å². The smallest absolute Gasteiger partial charge is 0.410 e. The van der Waals surface area contributed by atoms with Crippen LogP contribution < -0.4 is 5.32 Å². The van der Waals surface area contributed by atoms with Gasteiger partial charge in [-0.05, 0) is 47.0 Å². The van der Waals surface area contributed by atoms with Crippen molar-refractivity contribution in [2.75, 3.05) is 6.54 Å². The molecule has 1 N–H and O–H groups in total. The summed E-state index contributed by atoms with van der Waals surface area (Å²) in [6.07, 6.45) is 3.15. The maximum Gasteiger partial charge on any atom is 0.410 e. The van der Waals surface area contributed by atoms with Crippen molar-refractivity contribution in [3.8, 4) is 0 Å². The standard InChI is InChI=1S/C15H30N2O2/c1-11(2)16-12(3)13-9-7-8-10-17(13)14(18)19-15(4,5)6/h11-13,16H,7-10H2,1-6H3/t12-,13+/m0/s1. The molecule has 0 aromatic rings. The van der Waals surface area contributed by atoms with Gasteiger partial charge >= 0.3 is 6.09 Å². The Morgan fingerprint density at radius 1 is 1.26 bits per heavy atom. The molecule has 1 rings (SSSR count). The SMILES string of the molecule is CC(C)N[C@@H](C)[C@H]1CCCCN1C(=O)OC(C)(C)C. The minimum atomic E-state index is -0.423. The normalized spacial score (nSPS) is 22.5. The molecule has 0 spiro atoms. The summed E-state index contributed by atoms with van der Waals surface area (Å²) in [4.78, 5) is 14.2. The molecule has 1 fully saturated rings. The molecule has 0 radical (unpaired) electrons. The van der Waals surface area contributed by atoms with E-state index in [4.69, 9.17) is 4.74 Å². The number of amides is 1. The first kappa shape index (κ1) is 16.3. The number of hydrogen-bond donors (Lipinski definition) is 1. The minimum absolute atomic E-state index is 0.172. The van der Waals surface area contributed by atoms with E-state index in [-0.39, 0.29) is 12.1 Å². The highest BCUT2D eigenvalue weighted by Gasteiger charge is 2.33. The first-order valence-corrected chi connectivity index (χ1v) is 7.46. The molecule has 4 heteroatoms. The molecule has 0 saturated carbocycles. The van der Waals surface area contributed by atoms with Crippen LogP contribution in [0.15, 0.2) is 0 Å². The average molecular weight is 270 g/mol. The predicted octanol–water partition coefficient (Wildman–Crippen LogP) is 3.16. The van der Waals surface area contributed by atoms with Gasteiger partial charge in [0.15, 0.2) is 0 Å². The first-order chi connectivity index (χ1) is 8.70. The maximum atomic E-state index is 12.3. The Morgan fingerprint density at radius 2 is 1.89 bits per heavy atom. The van der Waals surface area contributed by atoms with Crippen LogP contribution in [-0.2, 0) is 4.74 Å². The van der Waals surface area contributed by atoms with E-state index < -0.39 is 5.60 Å². The highest BCUT2D eigenvalue weighted by molar-refractivity contribution is 5.68. The van der Waals surface area contributed by atoms with Gasteiger partial charge in [0.2, 0.25) is 0 Å². The lowest BCUT2D eigenvalue weighted by atomic mass is 9.96. The summed E-state index contributed by atoms with van der Waals surface area (Å²) in [6.45, 7) is 13.0. The van der Waals surface area contributed by atoms with Crippen LogP contribution in [0.5, 0.6) is 0 Å². The molecule has 0 aliphatic carbocycles. The summed E-state index contributed by atoms with van der Waals surface area (Å²) in [7, 11) is 0. The highest BCUT2D eigenvalue weighted by Crippen LogP contribution is 2.22. The number of ether oxygens (including phenoxy) is 1. The van der Waals surface area contributed by atoms with Gasteiger partial charge in [-0.15, -0.1) is 0 Å². The van der Waals surface area contributed by atoms with Crippen LogP contribution in [-0.4, -0.2) is 41.3 Å². The lowest BCUT2D eigenvalue weighted by Gasteiger charge is -2.40. The zero-order valence-corrected chi connectivity index (χ0v) is 13.3. The lowest BCUT2D eigenvalue weighted by molar-refractivity contribution is 0.00521. The van der Waals surface area contributed by atoms with E-state index in [1.165, 1.54) is 6.42 Å². The third kappa shape index (κ3) is 5.39. The second-order valence-corrected chi connectivity index (χ2v) is 6.85. The van der Waals surface area contributed by atoms with Gasteiger partial charge in [0.25, 0.3) is 0 Å². The Labute approximate surface area is 117 Å². The topological polar surface area (TPSA) is 41.6 Å². The van der Waals surface area contributed by atoms with Crippen LogP contribution >= 0.6 is 0 Å². The molecule has 0 bridgehead atoms. The monoisotopic (exact) mass is 270 g/mol. The van der Waals surface area contributed by atoms with Gasteiger partial charge < -0.3 is 15.0 Å². The van der Waals surface area contributed by atoms with E-state index in [1.807, 2.05) is 25.7 Å². The molecular formula is C15H30N2O2. The van der Waals surface area contributed by atoms with Crippen LogP contribution in [0.2, 0.25) is 0 Å². The second kappa shape index (κ2) is 6.60. The molecule has 1 saturated heterocycles. The van der Waals surface area contributed by atoms with Crippen molar-refractivity contribution in [3.05, 3.63) is 0 Å². The number of nitrogens with one attached hydrogen (secondary N) is 1. The van der Waals surface area contributed by atoms with Gasteiger partial charge in [-0.2, -0.15) is 0 Å². The zero-order chi connectivity index (χ0) is 14.6. The summed E-state index contributed by atoms with van der Waals surface area (Å²) in [6, 6.07) is 0.969. The van der Waals surface area contributed by atoms with Crippen LogP contribution in [0.3, 0.4) is 0 Å². The number of piperidine rings is 1. The fraction of sp³-hybridized carbons (Fsp3) is 0.933. The largest absolute Gasteiger partial charge is 0.444 e. The van der Waals surface area contributed by atoms with Gasteiger partial charge in [-0.3, -0.25) is 0 Å². The lowest BCUT2D eigenvalue weighted by Crippen LogP contribution is -2.55. The average Bonchev–Trinajstić information content (AvgIpc) is 2.25. The van der Waals surface area contributed by atoms with Crippen molar-refractivity contribution >= 4 is 6.09 Å². The number of carbonyl (C=O) groups excluding carboxylic acids is 1. The summed E-state index contributed by atoms with van der Waals surface area (Å²) >= 11 is 0. The van der Waals surface area contributed by atoms with Gasteiger partial charge in [-0.25, -0.2) is 4.79 Å². The molecular weight excluding hydrogens is 240 g/mol. The molecule has 0 unspecified atom stereocenters. The zero-order valence-electron chi connectivity index (χ0n) is 13.3. The summed E-state index contributed by atoms with van der Waals surface area (Å²) in [5, 5.41) is 3.51. The number of nitrogens with zero attached hydrogens (tertiary/aromatic N) is 1. The van der Waals surface area contributed by atoms with Gasteiger partial charge in [0.05, 0.1) is 6.04 Å². The quantitative estimate of drug-likeness (QED) is 0.856. The third-order valence-corrected chi connectivity index (χ3v) is 3.35. The fourth-order valence-electron chi connectivity index (χ4n) is 2.66. The number of rotatable bonds is 3. The molecule has 2 atom stereocenters. The van der Waals surface area contributed by atoms with Gasteiger partial charge in [0.1, 0.15) is 5.60 Å². The van der Waals surface area contributed by atoms with Crippen LogP contribution in [0, 0.1) is 0 Å². The van der Waals surface area contributed by atoms with Crippen molar-refractivity contribution in [2.45, 2.75) is 84.5 Å². The van der Waals surface area contributed by atoms with E-state index in [9.17, 15) is 4.79 Å². The molecule has 1 aliphatic heterocycles. The fourth-order valence-corrected chi connectivity index (χ4v) is 2.66. The predicted molar refractivity (Wildman–Crippen MR) is 78.3 cm³/mol. The Hall–Kier alpha value is -0.770. The number of likely N-dealkylation sites (tertiary alicyclic amines) is 1. The summed E-state index contributed by atoms with van der Waals surface area (Å²) in [5.74, 6) is 0. The van der Waals surface area contributed by atoms with E-state index in [1.54, 1.807) is 0 Å². The Kier molecular flexibility index (Phi) is 5.65. The van der Waals surface area contributed by atoms with Crippen LogP contribution in [0.1, 0.15) is 60.8 Å². The maximum absolute atomic E-state index is 12.3. The highest BCUT2D eigenvalue weighted by atomic mass is 16.6. The Morgan fingerprint density at radius 3 is 2.42 bits per heavy atom. The molecule has 0 aromatic heterocycles. The minimum Gasteiger partial charge on any atom is -0.444 e. The molecule has 1 amide bonds. The molecule has 0 aromatic carbocycles. The van der Waals surface area contributed by atoms with E-state index in [0.29, 0.717) is 12.1 Å². The van der Waals surface area contributed by atoms with E-state index >= 15 is 0 Å². The molecule has 19 heavy (non-hydrogen) atoms. The van der Waals surface area contributed by atoms with Crippen LogP contribution in [0.25, 0.3) is 0 Å². The van der Waals surface area contributed by atoms with Crippen molar-refractivity contribution < 1.29 is 9.53 Å². The van der Waals surface area contributed by atoms with E-state index in [0.717, 1.165) is 19.4 Å². The molecule has 1 heterocycles. The molecule has 112 valence electrons. The van der Waals surface area contributed by atoms with Crippen molar-refractivity contribution in [1.82, 2.24) is 10.2 Å². The van der Waals surface area contributed by atoms with Crippen molar-refractivity contribution in [3.63, 3.8) is 0 Å².